The first kappa shape index (κ1) is 40.2. The van der Waals surface area contributed by atoms with Crippen molar-refractivity contribution in [1.29, 1.82) is 0 Å². The lowest BCUT2D eigenvalue weighted by Gasteiger charge is -2.29. The molecule has 1 fully saturated rings. The third kappa shape index (κ3) is 9.61. The molecule has 2 amide bonds. The summed E-state index contributed by atoms with van der Waals surface area (Å²) in [6, 6.07) is 30.9. The average Bonchev–Trinajstić information content (AvgIpc) is 3.24. The Kier molecular flexibility index (Phi) is 12.3. The molecule has 2 aromatic heterocycles. The lowest BCUT2D eigenvalue weighted by molar-refractivity contribution is 0.0945. The van der Waals surface area contributed by atoms with Gasteiger partial charge in [-0.3, -0.25) is 9.59 Å². The first-order chi connectivity index (χ1) is 28.6. The van der Waals surface area contributed by atoms with Gasteiger partial charge in [0.05, 0.1) is 17.7 Å². The van der Waals surface area contributed by atoms with E-state index in [4.69, 9.17) is 21.3 Å². The molecule has 0 spiro atoms. The summed E-state index contributed by atoms with van der Waals surface area (Å²) in [6.45, 7) is 2.08. The third-order valence-electron chi connectivity index (χ3n) is 10.1. The predicted molar refractivity (Wildman–Crippen MR) is 228 cm³/mol. The van der Waals surface area contributed by atoms with Gasteiger partial charge in [-0.25, -0.2) is 18.7 Å². The minimum atomic E-state index is -0.333. The van der Waals surface area contributed by atoms with Crippen LogP contribution in [0.4, 0.5) is 26.1 Å². The van der Waals surface area contributed by atoms with E-state index >= 15 is 0 Å². The molecule has 0 unspecified atom stereocenters. The molecule has 3 heterocycles. The second kappa shape index (κ2) is 18.1. The highest BCUT2D eigenvalue weighted by molar-refractivity contribution is 6.14. The molecular formula is C46H43F2N7O4. The molecule has 1 aliphatic rings. The van der Waals surface area contributed by atoms with Crippen LogP contribution in [0, 0.1) is 11.6 Å². The fourth-order valence-electron chi connectivity index (χ4n) is 6.96. The second-order valence-electron chi connectivity index (χ2n) is 14.2. The molecule has 1 saturated heterocycles. The molecule has 1 aliphatic heterocycles. The maximum absolute atomic E-state index is 13.7. The molecular weight excluding hydrogens is 753 g/mol. The van der Waals surface area contributed by atoms with Gasteiger partial charge in [-0.1, -0.05) is 48.5 Å². The molecule has 0 aliphatic carbocycles. The highest BCUT2D eigenvalue weighted by Gasteiger charge is 2.19. The summed E-state index contributed by atoms with van der Waals surface area (Å²) >= 11 is 0. The van der Waals surface area contributed by atoms with Crippen LogP contribution in [0.3, 0.4) is 0 Å². The number of nitrogen functional groups attached to an aromatic ring is 2. The van der Waals surface area contributed by atoms with Crippen LogP contribution >= 0.6 is 0 Å². The van der Waals surface area contributed by atoms with Gasteiger partial charge in [0.25, 0.3) is 11.8 Å². The summed E-state index contributed by atoms with van der Waals surface area (Å²) in [5.41, 5.74) is 16.5. The maximum Gasteiger partial charge on any atom is 0.257 e. The lowest BCUT2D eigenvalue weighted by atomic mass is 9.99. The van der Waals surface area contributed by atoms with E-state index in [1.165, 1.54) is 36.7 Å². The van der Waals surface area contributed by atoms with Crippen molar-refractivity contribution >= 4 is 50.7 Å². The molecule has 0 radical (unpaired) electrons. The van der Waals surface area contributed by atoms with Gasteiger partial charge in [0.2, 0.25) is 0 Å². The number of carbonyl (C=O) groups is 2. The fourth-order valence-corrected chi connectivity index (χ4v) is 6.96. The SMILES string of the molecule is CN1CCC(Oc2ccc(NC(=O)c3cnc(N)c4cc(-c5cccc(F)c5)ccc34)cc2)CC1.Nc1ncc(C(=O)NCCO)c2ccc(-c3cccc(F)c3)cc12. The van der Waals surface area contributed by atoms with Crippen molar-refractivity contribution < 1.29 is 28.2 Å². The average molecular weight is 796 g/mol. The summed E-state index contributed by atoms with van der Waals surface area (Å²) in [5.74, 6) is 0.139. The van der Waals surface area contributed by atoms with Gasteiger partial charge >= 0.3 is 0 Å². The Labute approximate surface area is 339 Å². The Balaban J connectivity index is 0.000000192. The molecule has 8 rings (SSSR count). The van der Waals surface area contributed by atoms with Gasteiger partial charge in [0, 0.05) is 48.5 Å². The number of halogens is 2. The van der Waals surface area contributed by atoms with Gasteiger partial charge in [0.1, 0.15) is 35.1 Å². The van der Waals surface area contributed by atoms with Crippen molar-refractivity contribution in [2.45, 2.75) is 18.9 Å². The Morgan fingerprint density at radius 2 is 1.22 bits per heavy atom. The van der Waals surface area contributed by atoms with Crippen molar-refractivity contribution in [3.05, 3.63) is 144 Å². The van der Waals surface area contributed by atoms with Crippen molar-refractivity contribution in [3.8, 4) is 28.0 Å². The zero-order valence-corrected chi connectivity index (χ0v) is 32.3. The van der Waals surface area contributed by atoms with Crippen LogP contribution in [0.1, 0.15) is 33.6 Å². The van der Waals surface area contributed by atoms with Crippen LogP contribution in [0.2, 0.25) is 0 Å². The zero-order valence-electron chi connectivity index (χ0n) is 32.3. The van der Waals surface area contributed by atoms with Gasteiger partial charge in [0.15, 0.2) is 0 Å². The topological polar surface area (TPSA) is 169 Å². The van der Waals surface area contributed by atoms with Crippen molar-refractivity contribution in [1.82, 2.24) is 20.2 Å². The number of aliphatic hydroxyl groups is 1. The van der Waals surface area contributed by atoms with E-state index in [0.29, 0.717) is 55.6 Å². The van der Waals surface area contributed by atoms with E-state index in [-0.39, 0.29) is 42.7 Å². The van der Waals surface area contributed by atoms with Crippen molar-refractivity contribution in [2.75, 3.05) is 50.1 Å². The van der Waals surface area contributed by atoms with Crippen molar-refractivity contribution in [3.63, 3.8) is 0 Å². The number of hydrogen-bond acceptors (Lipinski definition) is 9. The van der Waals surface area contributed by atoms with Gasteiger partial charge in [-0.15, -0.1) is 0 Å². The molecule has 0 bridgehead atoms. The Hall–Kier alpha value is -6.96. The molecule has 11 nitrogen and oxygen atoms in total. The van der Waals surface area contributed by atoms with Gasteiger partial charge < -0.3 is 36.8 Å². The number of amides is 2. The summed E-state index contributed by atoms with van der Waals surface area (Å²) < 4.78 is 33.2. The second-order valence-corrected chi connectivity index (χ2v) is 14.2. The largest absolute Gasteiger partial charge is 0.490 e. The number of hydrogen-bond donors (Lipinski definition) is 5. The first-order valence-electron chi connectivity index (χ1n) is 19.1. The van der Waals surface area contributed by atoms with Crippen LogP contribution in [0.5, 0.6) is 5.75 Å². The number of aromatic nitrogens is 2. The number of nitrogens with two attached hydrogens (primary N) is 2. The molecule has 7 aromatic rings. The zero-order chi connectivity index (χ0) is 41.5. The number of fused-ring (bicyclic) bond motifs is 2. The van der Waals surface area contributed by atoms with Crippen LogP contribution in [-0.2, 0) is 0 Å². The van der Waals surface area contributed by atoms with E-state index in [1.807, 2.05) is 48.5 Å². The van der Waals surface area contributed by atoms with Crippen LogP contribution in [-0.4, -0.2) is 71.2 Å². The number of benzene rings is 5. The van der Waals surface area contributed by atoms with Crippen molar-refractivity contribution in [2.24, 2.45) is 0 Å². The monoisotopic (exact) mass is 795 g/mol. The highest BCUT2D eigenvalue weighted by atomic mass is 19.1. The molecule has 300 valence electrons. The van der Waals surface area contributed by atoms with E-state index in [2.05, 4.69) is 32.5 Å². The van der Waals surface area contributed by atoms with E-state index in [9.17, 15) is 18.4 Å². The summed E-state index contributed by atoms with van der Waals surface area (Å²) in [7, 11) is 2.12. The minimum absolute atomic E-state index is 0.143. The molecule has 0 saturated carbocycles. The Morgan fingerprint density at radius 1 is 0.712 bits per heavy atom. The standard InChI is InChI=1S/C28H27FN4O2.C18H16FN3O2/c1-33-13-11-23(12-14-33)35-22-8-6-21(7-9-22)32-28(34)26-17-31-27(30)25-16-19(5-10-24(25)26)18-3-2-4-20(29)15-18;19-13-3-1-2-11(8-13)12-4-5-14-15(9-12)17(20)22-10-16(14)18(24)21-6-7-23/h2-10,15-17,23H,11-14H2,1H3,(H2,30,31)(H,32,34);1-5,8-10,23H,6-7H2,(H2,20,22)(H,21,24). The number of likely N-dealkylation sites (tertiary alicyclic amines) is 1. The first-order valence-corrected chi connectivity index (χ1v) is 19.1. The number of nitrogens with one attached hydrogen (secondary N) is 2. The van der Waals surface area contributed by atoms with Crippen LogP contribution in [0.15, 0.2) is 122 Å². The minimum Gasteiger partial charge on any atom is -0.490 e. The Morgan fingerprint density at radius 3 is 1.73 bits per heavy atom. The number of carbonyl (C=O) groups excluding carboxylic acids is 2. The van der Waals surface area contributed by atoms with E-state index < -0.39 is 0 Å². The lowest BCUT2D eigenvalue weighted by Crippen LogP contribution is -2.35. The summed E-state index contributed by atoms with van der Waals surface area (Å²) in [6.07, 6.45) is 5.12. The normalized spacial score (nSPS) is 13.1. The molecule has 59 heavy (non-hydrogen) atoms. The van der Waals surface area contributed by atoms with Gasteiger partial charge in [-0.2, -0.15) is 0 Å². The predicted octanol–water partition coefficient (Wildman–Crippen LogP) is 7.69. The number of rotatable bonds is 9. The Bertz CT molecular complexity index is 2630. The summed E-state index contributed by atoms with van der Waals surface area (Å²) in [5, 5.41) is 16.9. The quantitative estimate of drug-likeness (QED) is 0.0984. The van der Waals surface area contributed by atoms with Crippen LogP contribution < -0.4 is 26.8 Å². The smallest absolute Gasteiger partial charge is 0.257 e. The van der Waals surface area contributed by atoms with Gasteiger partial charge in [-0.05, 0) is 114 Å². The molecule has 5 aromatic carbocycles. The highest BCUT2D eigenvalue weighted by Crippen LogP contribution is 2.31. The number of nitrogens with zero attached hydrogens (tertiary/aromatic N) is 3. The maximum atomic E-state index is 13.7. The number of piperidine rings is 1. The molecule has 13 heteroatoms. The number of ether oxygens (including phenoxy) is 1. The number of anilines is 3. The van der Waals surface area contributed by atoms with Crippen LogP contribution in [0.25, 0.3) is 43.8 Å². The number of aliphatic hydroxyl groups excluding tert-OH is 1. The molecule has 7 N–H and O–H groups in total. The fraction of sp³-hybridized carbons (Fsp3) is 0.174. The van der Waals surface area contributed by atoms with E-state index in [0.717, 1.165) is 48.4 Å². The molecule has 0 atom stereocenters. The van der Waals surface area contributed by atoms with E-state index in [1.54, 1.807) is 36.4 Å². The summed E-state index contributed by atoms with van der Waals surface area (Å²) in [4.78, 5) is 35.9. The third-order valence-corrected chi connectivity index (χ3v) is 10.1. The number of pyridine rings is 2.